The Bertz CT molecular complexity index is 882. The van der Waals surface area contributed by atoms with Crippen LogP contribution in [0.15, 0.2) is 35.4 Å². The molecule has 184 valence electrons. The van der Waals surface area contributed by atoms with Gasteiger partial charge in [-0.25, -0.2) is 5.43 Å². The van der Waals surface area contributed by atoms with E-state index < -0.39 is 17.7 Å². The van der Waals surface area contributed by atoms with Crippen LogP contribution in [0.25, 0.3) is 0 Å². The van der Waals surface area contributed by atoms with Crippen LogP contribution in [0, 0.1) is 11.8 Å². The number of rotatable bonds is 8. The Morgan fingerprint density at radius 2 is 1.79 bits per heavy atom. The van der Waals surface area contributed by atoms with Crippen LogP contribution < -0.4 is 10.7 Å². The molecule has 4 rings (SSSR count). The van der Waals surface area contributed by atoms with E-state index in [0.29, 0.717) is 37.8 Å². The lowest BCUT2D eigenvalue weighted by molar-refractivity contribution is -0.142. The van der Waals surface area contributed by atoms with Gasteiger partial charge in [-0.3, -0.25) is 14.4 Å². The van der Waals surface area contributed by atoms with Gasteiger partial charge >= 0.3 is 5.91 Å². The molecule has 1 aromatic carbocycles. The molecule has 0 spiro atoms. The van der Waals surface area contributed by atoms with Gasteiger partial charge in [0.15, 0.2) is 5.17 Å². The molecule has 9 heteroatoms. The number of amidine groups is 1. The number of carbonyl (C=O) groups is 3. The predicted molar refractivity (Wildman–Crippen MR) is 132 cm³/mol. The van der Waals surface area contributed by atoms with Gasteiger partial charge in [-0.05, 0) is 37.2 Å². The molecule has 2 aliphatic heterocycles. The SMILES string of the molecule is O=C(N/N=C1\SCCN1Cc1ccccc1)C(=O)C(NC(=O)C1CCCCC1)C1CCOCC1. The maximum Gasteiger partial charge on any atom is 0.309 e. The lowest BCUT2D eigenvalue weighted by Crippen LogP contribution is -2.53. The smallest absolute Gasteiger partial charge is 0.309 e. The second-order valence-electron chi connectivity index (χ2n) is 9.23. The van der Waals surface area contributed by atoms with Gasteiger partial charge in [0, 0.05) is 38.0 Å². The van der Waals surface area contributed by atoms with Crippen LogP contribution in [0.1, 0.15) is 50.5 Å². The highest BCUT2D eigenvalue weighted by molar-refractivity contribution is 8.14. The molecule has 8 nitrogen and oxygen atoms in total. The number of nitrogens with zero attached hydrogens (tertiary/aromatic N) is 2. The largest absolute Gasteiger partial charge is 0.381 e. The Morgan fingerprint density at radius 3 is 2.53 bits per heavy atom. The van der Waals surface area contributed by atoms with E-state index in [2.05, 4.69) is 32.9 Å². The molecule has 3 fully saturated rings. The van der Waals surface area contributed by atoms with Crippen LogP contribution in [0.5, 0.6) is 0 Å². The predicted octanol–water partition coefficient (Wildman–Crippen LogP) is 2.68. The molecule has 1 atom stereocenters. The highest BCUT2D eigenvalue weighted by Gasteiger charge is 2.36. The molecule has 2 heterocycles. The van der Waals surface area contributed by atoms with E-state index in [0.717, 1.165) is 50.0 Å². The van der Waals surface area contributed by atoms with Gasteiger partial charge in [-0.15, -0.1) is 5.10 Å². The third-order valence-corrected chi connectivity index (χ3v) is 7.84. The molecule has 1 aliphatic carbocycles. The van der Waals surface area contributed by atoms with Gasteiger partial charge in [0.05, 0.1) is 0 Å². The van der Waals surface area contributed by atoms with E-state index >= 15 is 0 Å². The minimum absolute atomic E-state index is 0.0753. The maximum absolute atomic E-state index is 13.2. The summed E-state index contributed by atoms with van der Waals surface area (Å²) in [5.41, 5.74) is 3.62. The van der Waals surface area contributed by atoms with E-state index in [-0.39, 0.29) is 17.7 Å². The number of hydrazone groups is 1. The second-order valence-corrected chi connectivity index (χ2v) is 10.3. The van der Waals surface area contributed by atoms with Crippen LogP contribution in [-0.4, -0.2) is 59.2 Å². The number of thioether (sulfide) groups is 1. The molecular weight excluding hydrogens is 452 g/mol. The average Bonchev–Trinajstić information content (AvgIpc) is 3.33. The Labute approximate surface area is 205 Å². The fourth-order valence-corrected chi connectivity index (χ4v) is 5.81. The molecule has 0 bridgehead atoms. The number of ether oxygens (including phenoxy) is 1. The van der Waals surface area contributed by atoms with Crippen molar-refractivity contribution < 1.29 is 19.1 Å². The van der Waals surface area contributed by atoms with Gasteiger partial charge < -0.3 is 15.0 Å². The van der Waals surface area contributed by atoms with Crippen LogP contribution >= 0.6 is 11.8 Å². The van der Waals surface area contributed by atoms with Gasteiger partial charge in [-0.2, -0.15) is 0 Å². The molecule has 2 N–H and O–H groups in total. The Morgan fingerprint density at radius 1 is 1.06 bits per heavy atom. The normalized spacial score (nSPS) is 21.9. The maximum atomic E-state index is 13.2. The lowest BCUT2D eigenvalue weighted by Gasteiger charge is -2.31. The van der Waals surface area contributed by atoms with Crippen molar-refractivity contribution in [2.45, 2.75) is 57.5 Å². The number of hydrogen-bond acceptors (Lipinski definition) is 6. The summed E-state index contributed by atoms with van der Waals surface area (Å²) in [6, 6.07) is 9.23. The first-order chi connectivity index (χ1) is 16.6. The fraction of sp³-hybridized carbons (Fsp3) is 0.600. The Balaban J connectivity index is 1.39. The molecule has 2 amide bonds. The van der Waals surface area contributed by atoms with Gasteiger partial charge in [0.25, 0.3) is 0 Å². The van der Waals surface area contributed by atoms with Crippen molar-refractivity contribution in [1.29, 1.82) is 0 Å². The number of amides is 2. The molecule has 1 unspecified atom stereocenters. The quantitative estimate of drug-likeness (QED) is 0.433. The first kappa shape index (κ1) is 24.7. The third-order valence-electron chi connectivity index (χ3n) is 6.85. The van der Waals surface area contributed by atoms with Gasteiger partial charge in [-0.1, -0.05) is 61.4 Å². The zero-order valence-corrected chi connectivity index (χ0v) is 20.4. The summed E-state index contributed by atoms with van der Waals surface area (Å²) in [7, 11) is 0. The van der Waals surface area contributed by atoms with Crippen molar-refractivity contribution in [3.8, 4) is 0 Å². The van der Waals surface area contributed by atoms with Crippen LogP contribution in [0.2, 0.25) is 0 Å². The Kier molecular flexibility index (Phi) is 8.98. The van der Waals surface area contributed by atoms with Crippen LogP contribution in [0.3, 0.4) is 0 Å². The Hall–Kier alpha value is -2.39. The van der Waals surface area contributed by atoms with E-state index in [1.54, 1.807) is 11.8 Å². The minimum Gasteiger partial charge on any atom is -0.381 e. The van der Waals surface area contributed by atoms with Crippen molar-refractivity contribution >= 4 is 34.5 Å². The summed E-state index contributed by atoms with van der Waals surface area (Å²) in [4.78, 5) is 41.0. The van der Waals surface area contributed by atoms with Crippen LogP contribution in [-0.2, 0) is 25.7 Å². The molecule has 0 aromatic heterocycles. The van der Waals surface area contributed by atoms with Gasteiger partial charge in [0.2, 0.25) is 11.7 Å². The zero-order valence-electron chi connectivity index (χ0n) is 19.5. The van der Waals surface area contributed by atoms with Crippen molar-refractivity contribution in [3.63, 3.8) is 0 Å². The average molecular weight is 487 g/mol. The summed E-state index contributed by atoms with van der Waals surface area (Å²) in [6.07, 6.45) is 6.18. The highest BCUT2D eigenvalue weighted by Crippen LogP contribution is 2.26. The second kappa shape index (κ2) is 12.4. The molecule has 1 aromatic rings. The third kappa shape index (κ3) is 6.60. The van der Waals surface area contributed by atoms with Crippen molar-refractivity contribution in [2.24, 2.45) is 16.9 Å². The highest BCUT2D eigenvalue weighted by atomic mass is 32.2. The summed E-state index contributed by atoms with van der Waals surface area (Å²) in [5, 5.41) is 7.90. The van der Waals surface area contributed by atoms with Crippen molar-refractivity contribution in [3.05, 3.63) is 35.9 Å². The summed E-state index contributed by atoms with van der Waals surface area (Å²) in [5.74, 6) is -0.823. The monoisotopic (exact) mass is 486 g/mol. The standard InChI is InChI=1S/C25H34N4O4S/c30-22(21(19-11-14-33-15-12-19)26-23(31)20-9-5-2-6-10-20)24(32)27-28-25-29(13-16-34-25)17-18-7-3-1-4-8-18/h1,3-4,7-8,19-21H,2,5-6,9-17H2,(H,26,31)(H,27,32)/b28-25-. The summed E-state index contributed by atoms with van der Waals surface area (Å²) >= 11 is 1.55. The number of hydrogen-bond donors (Lipinski definition) is 2. The first-order valence-corrected chi connectivity index (χ1v) is 13.3. The van der Waals surface area contributed by atoms with Crippen molar-refractivity contribution in [2.75, 3.05) is 25.5 Å². The van der Waals surface area contributed by atoms with Crippen molar-refractivity contribution in [1.82, 2.24) is 15.6 Å². The summed E-state index contributed by atoms with van der Waals surface area (Å²) in [6.45, 7) is 2.58. The summed E-state index contributed by atoms with van der Waals surface area (Å²) < 4.78 is 5.43. The zero-order chi connectivity index (χ0) is 23.8. The van der Waals surface area contributed by atoms with E-state index in [1.807, 2.05) is 18.2 Å². The molecule has 0 radical (unpaired) electrons. The number of ketones is 1. The molecule has 34 heavy (non-hydrogen) atoms. The number of nitrogens with one attached hydrogen (secondary N) is 2. The first-order valence-electron chi connectivity index (χ1n) is 12.3. The van der Waals surface area contributed by atoms with Crippen LogP contribution in [0.4, 0.5) is 0 Å². The van der Waals surface area contributed by atoms with E-state index in [4.69, 9.17) is 4.74 Å². The number of carbonyl (C=O) groups excluding carboxylic acids is 3. The topological polar surface area (TPSA) is 100 Å². The molecular formula is C25H34N4O4S. The van der Waals surface area contributed by atoms with E-state index in [1.165, 1.54) is 0 Å². The minimum atomic E-state index is -0.838. The fourth-order valence-electron chi connectivity index (χ4n) is 4.86. The number of Topliss-reactive ketones (excluding diaryl/α,β-unsaturated/α-hetero) is 1. The number of benzene rings is 1. The molecule has 1 saturated carbocycles. The molecule has 3 aliphatic rings. The van der Waals surface area contributed by atoms with Gasteiger partial charge in [0.1, 0.15) is 6.04 Å². The van der Waals surface area contributed by atoms with E-state index in [9.17, 15) is 14.4 Å². The lowest BCUT2D eigenvalue weighted by atomic mass is 9.85. The molecule has 2 saturated heterocycles.